The largest absolute Gasteiger partial charge is 0.453 e. The molecule has 1 rings (SSSR count). The summed E-state index contributed by atoms with van der Waals surface area (Å²) in [5.41, 5.74) is 0.878. The molecule has 0 aromatic heterocycles. The molecule has 0 aromatic rings. The zero-order chi connectivity index (χ0) is 27.6. The Morgan fingerprint density at radius 1 is 1.27 bits per heavy atom. The van der Waals surface area contributed by atoms with E-state index in [1.165, 1.54) is 7.11 Å². The first-order valence-electron chi connectivity index (χ1n) is 11.6. The molecule has 3 unspecified atom stereocenters. The van der Waals surface area contributed by atoms with Gasteiger partial charge in [0.1, 0.15) is 6.10 Å². The number of rotatable bonds is 12. The molecule has 1 aliphatic rings. The lowest BCUT2D eigenvalue weighted by Crippen LogP contribution is -2.39. The number of alkyl carbamates (subject to hydrolysis) is 1. The molecule has 0 aliphatic carbocycles. The molecule has 8 nitrogen and oxygen atoms in total. The fourth-order valence-corrected chi connectivity index (χ4v) is 5.82. The maximum atomic E-state index is 13.1. The van der Waals surface area contributed by atoms with Crippen LogP contribution in [0.4, 0.5) is 4.79 Å². The van der Waals surface area contributed by atoms with Gasteiger partial charge in [0.2, 0.25) is 0 Å². The fraction of sp³-hybridized carbons (Fsp3) is 0.538. The number of methoxy groups -OCH3 is 1. The Morgan fingerprint density at radius 2 is 2.00 bits per heavy atom. The summed E-state index contributed by atoms with van der Waals surface area (Å²) in [7, 11) is 6.02. The Bertz CT molecular complexity index is 962. The van der Waals surface area contributed by atoms with Crippen molar-refractivity contribution in [3.05, 3.63) is 35.1 Å². The Morgan fingerprint density at radius 3 is 2.62 bits per heavy atom. The summed E-state index contributed by atoms with van der Waals surface area (Å²) in [5, 5.41) is 22.2. The van der Waals surface area contributed by atoms with Crippen LogP contribution in [0.5, 0.6) is 0 Å². The van der Waals surface area contributed by atoms with E-state index >= 15 is 0 Å². The lowest BCUT2D eigenvalue weighted by Gasteiger charge is -2.33. The summed E-state index contributed by atoms with van der Waals surface area (Å²) in [6.45, 7) is 4.92. The van der Waals surface area contributed by atoms with Crippen LogP contribution in [0.25, 0.3) is 0 Å². The van der Waals surface area contributed by atoms with Crippen molar-refractivity contribution in [1.82, 2.24) is 5.32 Å². The number of nitrogens with one attached hydrogen (secondary N) is 1. The maximum Gasteiger partial charge on any atom is 0.411 e. The van der Waals surface area contributed by atoms with E-state index in [9.17, 15) is 19.8 Å². The number of ketones is 1. The number of hydrogen-bond acceptors (Lipinski definition) is 10. The van der Waals surface area contributed by atoms with Gasteiger partial charge in [-0.2, -0.15) is 0 Å². The van der Waals surface area contributed by atoms with Gasteiger partial charge < -0.3 is 24.4 Å². The summed E-state index contributed by atoms with van der Waals surface area (Å²) in [5.74, 6) is 11.5. The molecule has 1 amide bonds. The predicted octanol–water partition coefficient (Wildman–Crippen LogP) is 4.01. The maximum absolute atomic E-state index is 13.1. The van der Waals surface area contributed by atoms with E-state index in [1.54, 1.807) is 57.4 Å². The second-order valence-corrected chi connectivity index (χ2v) is 12.1. The SMILES string of the molecule is CC#C/C=C\C#C[C@H](OC1CC(O)CC(C)O1)C(/C(C)=C\CSSSC)=C(\NC(=O)OC)C(=O)CCO. The van der Waals surface area contributed by atoms with Crippen LogP contribution in [0.3, 0.4) is 0 Å². The molecule has 4 atom stereocenters. The van der Waals surface area contributed by atoms with E-state index < -0.39 is 37.0 Å². The second-order valence-electron chi connectivity index (χ2n) is 7.74. The van der Waals surface area contributed by atoms with Crippen molar-refractivity contribution < 1.29 is 34.0 Å². The zero-order valence-electron chi connectivity index (χ0n) is 21.7. The van der Waals surface area contributed by atoms with Crippen molar-refractivity contribution in [2.75, 3.05) is 25.7 Å². The summed E-state index contributed by atoms with van der Waals surface area (Å²) >= 11 is 0. The number of amides is 1. The summed E-state index contributed by atoms with van der Waals surface area (Å²) in [6, 6.07) is 0. The molecule has 1 aliphatic heterocycles. The molecular formula is C26H35NO7S3. The molecule has 0 aromatic carbocycles. The van der Waals surface area contributed by atoms with Gasteiger partial charge in [-0.3, -0.25) is 10.1 Å². The van der Waals surface area contributed by atoms with Gasteiger partial charge in [0, 0.05) is 24.2 Å². The Balaban J connectivity index is 3.69. The van der Waals surface area contributed by atoms with Crippen LogP contribution in [0.2, 0.25) is 0 Å². The second kappa shape index (κ2) is 19.3. The molecule has 0 bridgehead atoms. The van der Waals surface area contributed by atoms with Gasteiger partial charge in [-0.1, -0.05) is 45.4 Å². The molecule has 204 valence electrons. The highest BCUT2D eigenvalue weighted by atomic mass is 33.5. The molecule has 1 fully saturated rings. The lowest BCUT2D eigenvalue weighted by molar-refractivity contribution is -0.216. The topological polar surface area (TPSA) is 114 Å². The number of ether oxygens (including phenoxy) is 3. The number of carbonyl (C=O) groups excluding carboxylic acids is 2. The van der Waals surface area contributed by atoms with Crippen LogP contribution >= 0.6 is 31.4 Å². The molecule has 0 radical (unpaired) electrons. The van der Waals surface area contributed by atoms with Crippen molar-refractivity contribution >= 4 is 43.3 Å². The quantitative estimate of drug-likeness (QED) is 0.105. The first-order chi connectivity index (χ1) is 17.8. The highest BCUT2D eigenvalue weighted by molar-refractivity contribution is 9.09. The molecular weight excluding hydrogens is 534 g/mol. The molecule has 0 spiro atoms. The van der Waals surface area contributed by atoms with Crippen LogP contribution in [0, 0.1) is 23.7 Å². The summed E-state index contributed by atoms with van der Waals surface area (Å²) in [4.78, 5) is 25.3. The van der Waals surface area contributed by atoms with Crippen molar-refractivity contribution in [3.63, 3.8) is 0 Å². The van der Waals surface area contributed by atoms with Gasteiger partial charge in [0.25, 0.3) is 0 Å². The standard InChI is InChI=1S/C26H35NO7S3/c1-6-7-8-9-10-11-22(34-23-17-20(29)16-19(3)33-23)24(18(2)13-15-36-37-35-5)25(21(30)12-14-28)27-26(31)32-4/h8-9,13,19-20,22-23,28-29H,12,14-17H2,1-5H3,(H,27,31)/b9-8-,18-13-,25-24-/t19?,20?,22-,23?/m0/s1. The number of carbonyl (C=O) groups is 2. The average molecular weight is 570 g/mol. The average Bonchev–Trinajstić information content (AvgIpc) is 2.85. The normalized spacial score (nSPS) is 21.2. The highest BCUT2D eigenvalue weighted by Gasteiger charge is 2.32. The number of Topliss-reactive ketones (excluding diaryl/α,β-unsaturated/α-hetero) is 1. The minimum Gasteiger partial charge on any atom is -0.453 e. The van der Waals surface area contributed by atoms with Crippen molar-refractivity contribution in [3.8, 4) is 23.7 Å². The Hall–Kier alpha value is -1.83. The van der Waals surface area contributed by atoms with E-state index in [4.69, 9.17) is 14.2 Å². The number of aliphatic hydroxyl groups is 2. The minimum absolute atomic E-state index is 0.0850. The van der Waals surface area contributed by atoms with E-state index in [-0.39, 0.29) is 24.6 Å². The third kappa shape index (κ3) is 13.0. The predicted molar refractivity (Wildman–Crippen MR) is 151 cm³/mol. The molecule has 1 saturated heterocycles. The monoisotopic (exact) mass is 569 g/mol. The third-order valence-electron chi connectivity index (χ3n) is 4.91. The lowest BCUT2D eigenvalue weighted by atomic mass is 9.95. The van der Waals surface area contributed by atoms with Crippen molar-refractivity contribution in [2.45, 2.75) is 64.6 Å². The van der Waals surface area contributed by atoms with E-state index in [1.807, 2.05) is 19.3 Å². The molecule has 11 heteroatoms. The van der Waals surface area contributed by atoms with Gasteiger partial charge in [-0.05, 0) is 61.0 Å². The number of hydrogen-bond donors (Lipinski definition) is 3. The van der Waals surface area contributed by atoms with Gasteiger partial charge >= 0.3 is 6.09 Å². The molecule has 1 heterocycles. The molecule has 37 heavy (non-hydrogen) atoms. The number of allylic oxidation sites excluding steroid dienone is 3. The minimum atomic E-state index is -1.02. The van der Waals surface area contributed by atoms with Gasteiger partial charge in [-0.15, -0.1) is 5.92 Å². The van der Waals surface area contributed by atoms with Crippen LogP contribution < -0.4 is 5.32 Å². The number of aliphatic hydroxyl groups excluding tert-OH is 2. The molecule has 3 N–H and O–H groups in total. The third-order valence-corrected chi connectivity index (χ3v) is 8.64. The Kier molecular flexibility index (Phi) is 17.3. The van der Waals surface area contributed by atoms with Gasteiger partial charge in [-0.25, -0.2) is 4.79 Å². The zero-order valence-corrected chi connectivity index (χ0v) is 24.2. The van der Waals surface area contributed by atoms with Gasteiger partial charge in [0.05, 0.1) is 31.6 Å². The van der Waals surface area contributed by atoms with Crippen LogP contribution in [-0.2, 0) is 19.0 Å². The van der Waals surface area contributed by atoms with E-state index in [2.05, 4.69) is 29.0 Å². The van der Waals surface area contributed by atoms with Crippen molar-refractivity contribution in [1.29, 1.82) is 0 Å². The fourth-order valence-electron chi connectivity index (χ4n) is 3.32. The Labute approximate surface area is 231 Å². The van der Waals surface area contributed by atoms with E-state index in [0.29, 0.717) is 23.3 Å². The van der Waals surface area contributed by atoms with Crippen LogP contribution in [0.1, 0.15) is 40.0 Å². The summed E-state index contributed by atoms with van der Waals surface area (Å²) < 4.78 is 16.9. The highest BCUT2D eigenvalue weighted by Crippen LogP contribution is 2.33. The van der Waals surface area contributed by atoms with Crippen molar-refractivity contribution in [2.24, 2.45) is 0 Å². The smallest absolute Gasteiger partial charge is 0.411 e. The van der Waals surface area contributed by atoms with E-state index in [0.717, 1.165) is 0 Å². The molecule has 0 saturated carbocycles. The summed E-state index contributed by atoms with van der Waals surface area (Å²) in [6.07, 6.45) is 3.97. The first-order valence-corrected chi connectivity index (χ1v) is 15.6. The van der Waals surface area contributed by atoms with Crippen LogP contribution in [0.15, 0.2) is 35.1 Å². The van der Waals surface area contributed by atoms with Crippen LogP contribution in [-0.4, -0.2) is 72.4 Å². The first kappa shape index (κ1) is 33.2. The van der Waals surface area contributed by atoms with Gasteiger partial charge in [0.15, 0.2) is 12.1 Å².